The number of carbonyl (C=O) groups is 1. The summed E-state index contributed by atoms with van der Waals surface area (Å²) in [5.41, 5.74) is 0. The van der Waals surface area contributed by atoms with Gasteiger partial charge in [-0.3, -0.25) is 4.90 Å². The van der Waals surface area contributed by atoms with E-state index in [1.807, 2.05) is 0 Å². The molecule has 0 spiro atoms. The molecule has 2 rings (SSSR count). The van der Waals surface area contributed by atoms with Crippen molar-refractivity contribution >= 4 is 11.8 Å². The fraction of sp³-hybridized carbons (Fsp3) is 0.615. The first-order valence-corrected chi connectivity index (χ1v) is 6.49. The maximum absolute atomic E-state index is 11.3. The molecule has 1 aromatic heterocycles. The lowest BCUT2D eigenvalue weighted by Crippen LogP contribution is -2.36. The first-order valence-electron chi connectivity index (χ1n) is 6.49. The topological polar surface area (TPSA) is 67.3 Å². The smallest absolute Gasteiger partial charge is 0.376 e. The molecule has 1 fully saturated rings. The molecule has 6 heteroatoms. The molecule has 0 radical (unpaired) electrons. The minimum Gasteiger partial charge on any atom is -0.463 e. The number of carbonyl (C=O) groups excluding carboxylic acids is 1. The monoisotopic (exact) mass is 264 g/mol. The fourth-order valence-electron chi connectivity index (χ4n) is 1.88. The molecular formula is C13H20N4O2. The van der Waals surface area contributed by atoms with E-state index in [0.717, 1.165) is 12.6 Å². The number of rotatable bonds is 6. The Labute approximate surface area is 113 Å². The van der Waals surface area contributed by atoms with Gasteiger partial charge in [0.25, 0.3) is 0 Å². The van der Waals surface area contributed by atoms with Gasteiger partial charge in [0, 0.05) is 24.8 Å². The predicted octanol–water partition coefficient (Wildman–Crippen LogP) is 1.16. The van der Waals surface area contributed by atoms with E-state index in [0.29, 0.717) is 11.9 Å². The van der Waals surface area contributed by atoms with Crippen LogP contribution in [-0.2, 0) is 4.74 Å². The molecule has 1 aliphatic rings. The third-order valence-electron chi connectivity index (χ3n) is 3.42. The standard InChI is InChI=1S/C13H20N4O2/c1-9(17(2)10-4-5-10)8-15-11-6-7-14-12(16-11)13(18)19-3/h6-7,9-10H,4-5,8H2,1-3H3,(H,14,15,16). The van der Waals surface area contributed by atoms with Crippen LogP contribution in [0.3, 0.4) is 0 Å². The second-order valence-corrected chi connectivity index (χ2v) is 4.88. The molecule has 0 bridgehead atoms. The minimum atomic E-state index is -0.521. The summed E-state index contributed by atoms with van der Waals surface area (Å²) >= 11 is 0. The zero-order chi connectivity index (χ0) is 13.8. The van der Waals surface area contributed by atoms with Gasteiger partial charge in [0.05, 0.1) is 7.11 Å². The highest BCUT2D eigenvalue weighted by atomic mass is 16.5. The summed E-state index contributed by atoms with van der Waals surface area (Å²) in [5, 5.41) is 3.23. The van der Waals surface area contributed by atoms with Gasteiger partial charge in [-0.2, -0.15) is 0 Å². The molecule has 1 unspecified atom stereocenters. The maximum atomic E-state index is 11.3. The summed E-state index contributed by atoms with van der Waals surface area (Å²) in [7, 11) is 3.46. The highest BCUT2D eigenvalue weighted by molar-refractivity contribution is 5.85. The number of esters is 1. The second kappa shape index (κ2) is 5.97. The Bertz CT molecular complexity index is 448. The van der Waals surface area contributed by atoms with E-state index in [-0.39, 0.29) is 5.82 Å². The molecule has 6 nitrogen and oxygen atoms in total. The van der Waals surface area contributed by atoms with Crippen molar-refractivity contribution in [1.29, 1.82) is 0 Å². The van der Waals surface area contributed by atoms with Crippen molar-refractivity contribution in [2.24, 2.45) is 0 Å². The Balaban J connectivity index is 1.89. The van der Waals surface area contributed by atoms with Crippen LogP contribution < -0.4 is 5.32 Å². The summed E-state index contributed by atoms with van der Waals surface area (Å²) in [6, 6.07) is 2.90. The lowest BCUT2D eigenvalue weighted by Gasteiger charge is -2.24. The van der Waals surface area contributed by atoms with Crippen molar-refractivity contribution in [2.45, 2.75) is 31.8 Å². The van der Waals surface area contributed by atoms with Gasteiger partial charge in [0.2, 0.25) is 5.82 Å². The van der Waals surface area contributed by atoms with Crippen LogP contribution >= 0.6 is 0 Å². The summed E-state index contributed by atoms with van der Waals surface area (Å²) in [6.45, 7) is 2.96. The number of anilines is 1. The third kappa shape index (κ3) is 3.64. The van der Waals surface area contributed by atoms with E-state index < -0.39 is 5.97 Å². The van der Waals surface area contributed by atoms with Crippen LogP contribution in [0.1, 0.15) is 30.4 Å². The summed E-state index contributed by atoms with van der Waals surface area (Å²) < 4.78 is 4.59. The van der Waals surface area contributed by atoms with Crippen molar-refractivity contribution < 1.29 is 9.53 Å². The number of nitrogens with one attached hydrogen (secondary N) is 1. The van der Waals surface area contributed by atoms with E-state index in [4.69, 9.17) is 0 Å². The van der Waals surface area contributed by atoms with Crippen molar-refractivity contribution in [1.82, 2.24) is 14.9 Å². The molecule has 0 amide bonds. The van der Waals surface area contributed by atoms with Crippen LogP contribution in [0, 0.1) is 0 Å². The molecule has 1 aliphatic carbocycles. The number of ether oxygens (including phenoxy) is 1. The summed E-state index contributed by atoms with van der Waals surface area (Å²) in [4.78, 5) is 21.7. The minimum absolute atomic E-state index is 0.0794. The number of aromatic nitrogens is 2. The Hall–Kier alpha value is -1.69. The van der Waals surface area contributed by atoms with Gasteiger partial charge < -0.3 is 10.1 Å². The molecule has 1 heterocycles. The Morgan fingerprint density at radius 2 is 2.37 bits per heavy atom. The average Bonchev–Trinajstić information content (AvgIpc) is 3.28. The molecule has 0 aliphatic heterocycles. The van der Waals surface area contributed by atoms with E-state index in [1.54, 1.807) is 12.3 Å². The number of hydrogen-bond acceptors (Lipinski definition) is 6. The van der Waals surface area contributed by atoms with Gasteiger partial charge in [-0.05, 0) is 32.9 Å². The largest absolute Gasteiger partial charge is 0.463 e. The van der Waals surface area contributed by atoms with Crippen LogP contribution in [0.4, 0.5) is 5.82 Å². The van der Waals surface area contributed by atoms with Crippen molar-refractivity contribution in [2.75, 3.05) is 26.0 Å². The average molecular weight is 264 g/mol. The Morgan fingerprint density at radius 1 is 1.63 bits per heavy atom. The van der Waals surface area contributed by atoms with Crippen molar-refractivity contribution in [3.63, 3.8) is 0 Å². The molecule has 19 heavy (non-hydrogen) atoms. The van der Waals surface area contributed by atoms with E-state index in [2.05, 4.69) is 38.9 Å². The van der Waals surface area contributed by atoms with Gasteiger partial charge >= 0.3 is 5.97 Å². The third-order valence-corrected chi connectivity index (χ3v) is 3.42. The van der Waals surface area contributed by atoms with Crippen LogP contribution in [0.2, 0.25) is 0 Å². The molecular weight excluding hydrogens is 244 g/mol. The maximum Gasteiger partial charge on any atom is 0.376 e. The van der Waals surface area contributed by atoms with Crippen molar-refractivity contribution in [3.8, 4) is 0 Å². The lowest BCUT2D eigenvalue weighted by atomic mass is 10.3. The van der Waals surface area contributed by atoms with Crippen LogP contribution in [-0.4, -0.2) is 53.6 Å². The van der Waals surface area contributed by atoms with Crippen molar-refractivity contribution in [3.05, 3.63) is 18.1 Å². The zero-order valence-corrected chi connectivity index (χ0v) is 11.6. The number of hydrogen-bond donors (Lipinski definition) is 1. The van der Waals surface area contributed by atoms with Gasteiger partial charge in [-0.1, -0.05) is 0 Å². The SMILES string of the molecule is COC(=O)c1nccc(NCC(C)N(C)C2CC2)n1. The highest BCUT2D eigenvalue weighted by Crippen LogP contribution is 2.26. The van der Waals surface area contributed by atoms with Gasteiger partial charge in [0.1, 0.15) is 5.82 Å². The second-order valence-electron chi connectivity index (χ2n) is 4.88. The molecule has 0 saturated heterocycles. The van der Waals surface area contributed by atoms with Gasteiger partial charge in [-0.15, -0.1) is 0 Å². The first-order chi connectivity index (χ1) is 9.11. The lowest BCUT2D eigenvalue weighted by molar-refractivity contribution is 0.0587. The van der Waals surface area contributed by atoms with Gasteiger partial charge in [0.15, 0.2) is 0 Å². The molecule has 1 N–H and O–H groups in total. The fourth-order valence-corrected chi connectivity index (χ4v) is 1.88. The van der Waals surface area contributed by atoms with E-state index in [9.17, 15) is 4.79 Å². The molecule has 0 aromatic carbocycles. The number of methoxy groups -OCH3 is 1. The summed E-state index contributed by atoms with van der Waals surface area (Å²) in [6.07, 6.45) is 4.14. The first kappa shape index (κ1) is 13.7. The number of likely N-dealkylation sites (N-methyl/N-ethyl adjacent to an activating group) is 1. The van der Waals surface area contributed by atoms with Gasteiger partial charge in [-0.25, -0.2) is 14.8 Å². The molecule has 104 valence electrons. The molecule has 1 aromatic rings. The van der Waals surface area contributed by atoms with Crippen LogP contribution in [0.25, 0.3) is 0 Å². The zero-order valence-electron chi connectivity index (χ0n) is 11.6. The summed E-state index contributed by atoms with van der Waals surface area (Å²) in [5.74, 6) is 0.203. The van der Waals surface area contributed by atoms with E-state index >= 15 is 0 Å². The van der Waals surface area contributed by atoms with E-state index in [1.165, 1.54) is 20.0 Å². The highest BCUT2D eigenvalue weighted by Gasteiger charge is 2.28. The molecule has 1 atom stereocenters. The normalized spacial score (nSPS) is 16.2. The van der Waals surface area contributed by atoms with Crippen LogP contribution in [0.15, 0.2) is 12.3 Å². The Kier molecular flexibility index (Phi) is 4.31. The quantitative estimate of drug-likeness (QED) is 0.778. The number of nitrogens with zero attached hydrogens (tertiary/aromatic N) is 3. The van der Waals surface area contributed by atoms with Crippen LogP contribution in [0.5, 0.6) is 0 Å². The Morgan fingerprint density at radius 3 is 3.00 bits per heavy atom. The predicted molar refractivity (Wildman–Crippen MR) is 72.1 cm³/mol. The molecule has 1 saturated carbocycles.